The zero-order chi connectivity index (χ0) is 16.5. The lowest BCUT2D eigenvalue weighted by atomic mass is 10.4. The summed E-state index contributed by atoms with van der Waals surface area (Å²) in [7, 11) is -8.01. The van der Waals surface area contributed by atoms with E-state index in [1.807, 2.05) is 13.8 Å². The standard InChI is InChI=1S/C11H15N5O4S2/c1-8(2)16-7-13-11(14-16)15-22(19,20)10-5-3-4-9(6-10)21(12,17)18/h3-8H,1-2H3,(H,14,15)(H2,12,17,18). The van der Waals surface area contributed by atoms with Gasteiger partial charge >= 0.3 is 0 Å². The minimum absolute atomic E-state index is 0.0245. The highest BCUT2D eigenvalue weighted by Gasteiger charge is 2.19. The Morgan fingerprint density at radius 3 is 2.36 bits per heavy atom. The van der Waals surface area contributed by atoms with Crippen LogP contribution in [0.15, 0.2) is 40.4 Å². The normalized spacial score (nSPS) is 12.5. The summed E-state index contributed by atoms with van der Waals surface area (Å²) in [6.45, 7) is 3.73. The summed E-state index contributed by atoms with van der Waals surface area (Å²) < 4.78 is 50.7. The molecular formula is C11H15N5O4S2. The van der Waals surface area contributed by atoms with Gasteiger partial charge in [0.15, 0.2) is 0 Å². The Labute approximate surface area is 128 Å². The molecule has 0 radical (unpaired) electrons. The Hall–Kier alpha value is -1.98. The van der Waals surface area contributed by atoms with Gasteiger partial charge in [-0.2, -0.15) is 4.98 Å². The molecule has 0 unspecified atom stereocenters. The van der Waals surface area contributed by atoms with E-state index in [0.29, 0.717) is 0 Å². The highest BCUT2D eigenvalue weighted by atomic mass is 32.2. The van der Waals surface area contributed by atoms with Crippen molar-refractivity contribution in [2.75, 3.05) is 4.72 Å². The number of primary sulfonamides is 1. The molecule has 0 fully saturated rings. The van der Waals surface area contributed by atoms with E-state index in [1.54, 1.807) is 0 Å². The van der Waals surface area contributed by atoms with Crippen molar-refractivity contribution in [1.29, 1.82) is 0 Å². The molecule has 0 aliphatic rings. The third kappa shape index (κ3) is 3.61. The van der Waals surface area contributed by atoms with Crippen LogP contribution in [0.1, 0.15) is 19.9 Å². The van der Waals surface area contributed by atoms with Crippen LogP contribution in [-0.2, 0) is 20.0 Å². The van der Waals surface area contributed by atoms with Gasteiger partial charge in [0.05, 0.1) is 9.79 Å². The lowest BCUT2D eigenvalue weighted by Gasteiger charge is -2.06. The van der Waals surface area contributed by atoms with E-state index in [2.05, 4.69) is 14.8 Å². The fraction of sp³-hybridized carbons (Fsp3) is 0.273. The second kappa shape index (κ2) is 5.66. The van der Waals surface area contributed by atoms with Gasteiger partial charge < -0.3 is 0 Å². The molecule has 0 spiro atoms. The minimum atomic E-state index is -4.02. The summed E-state index contributed by atoms with van der Waals surface area (Å²) in [6, 6.07) is 4.73. The summed E-state index contributed by atoms with van der Waals surface area (Å²) in [4.78, 5) is 3.29. The average Bonchev–Trinajstić information content (AvgIpc) is 2.86. The number of nitrogens with one attached hydrogen (secondary N) is 1. The van der Waals surface area contributed by atoms with Crippen LogP contribution in [0, 0.1) is 0 Å². The number of hydrogen-bond acceptors (Lipinski definition) is 6. The van der Waals surface area contributed by atoms with Gasteiger partial charge in [0, 0.05) is 6.04 Å². The Morgan fingerprint density at radius 2 is 1.82 bits per heavy atom. The van der Waals surface area contributed by atoms with Crippen LogP contribution in [0.25, 0.3) is 0 Å². The molecule has 0 bridgehead atoms. The molecule has 1 heterocycles. The Balaban J connectivity index is 2.34. The zero-order valence-electron chi connectivity index (χ0n) is 11.8. The van der Waals surface area contributed by atoms with Crippen molar-refractivity contribution in [2.24, 2.45) is 5.14 Å². The lowest BCUT2D eigenvalue weighted by molar-refractivity contribution is 0.532. The van der Waals surface area contributed by atoms with Gasteiger partial charge in [-0.25, -0.2) is 31.4 Å². The average molecular weight is 345 g/mol. The molecule has 2 aromatic rings. The van der Waals surface area contributed by atoms with Crippen molar-refractivity contribution < 1.29 is 16.8 Å². The van der Waals surface area contributed by atoms with Gasteiger partial charge in [0.2, 0.25) is 10.0 Å². The molecule has 0 atom stereocenters. The van der Waals surface area contributed by atoms with Crippen molar-refractivity contribution in [3.8, 4) is 0 Å². The zero-order valence-corrected chi connectivity index (χ0v) is 13.5. The van der Waals surface area contributed by atoms with Crippen molar-refractivity contribution in [3.63, 3.8) is 0 Å². The summed E-state index contributed by atoms with van der Waals surface area (Å²) in [5, 5.41) is 8.95. The number of nitrogens with two attached hydrogens (primary N) is 1. The maximum absolute atomic E-state index is 12.2. The number of anilines is 1. The van der Waals surface area contributed by atoms with Crippen LogP contribution in [0.5, 0.6) is 0 Å². The lowest BCUT2D eigenvalue weighted by Crippen LogP contribution is -2.17. The summed E-state index contributed by atoms with van der Waals surface area (Å²) >= 11 is 0. The summed E-state index contributed by atoms with van der Waals surface area (Å²) in [6.07, 6.45) is 1.39. The molecule has 120 valence electrons. The van der Waals surface area contributed by atoms with Crippen LogP contribution >= 0.6 is 0 Å². The Kier molecular flexibility index (Phi) is 4.22. The minimum Gasteiger partial charge on any atom is -0.248 e. The third-order valence-electron chi connectivity index (χ3n) is 2.71. The van der Waals surface area contributed by atoms with Gasteiger partial charge in [-0.05, 0) is 32.0 Å². The number of benzene rings is 1. The molecule has 0 saturated carbocycles. The molecule has 0 amide bonds. The number of aromatic nitrogens is 3. The molecular weight excluding hydrogens is 330 g/mol. The van der Waals surface area contributed by atoms with Gasteiger partial charge in [-0.15, -0.1) is 5.10 Å². The first-order chi connectivity index (χ1) is 10.1. The molecule has 2 rings (SSSR count). The van der Waals surface area contributed by atoms with E-state index in [-0.39, 0.29) is 21.8 Å². The molecule has 3 N–H and O–H groups in total. The van der Waals surface area contributed by atoms with Crippen molar-refractivity contribution in [3.05, 3.63) is 30.6 Å². The fourth-order valence-electron chi connectivity index (χ4n) is 1.57. The molecule has 22 heavy (non-hydrogen) atoms. The molecule has 0 aliphatic heterocycles. The highest BCUT2D eigenvalue weighted by Crippen LogP contribution is 2.17. The van der Waals surface area contributed by atoms with Crippen LogP contribution in [0.4, 0.5) is 5.95 Å². The van der Waals surface area contributed by atoms with Gasteiger partial charge in [-0.1, -0.05) is 6.07 Å². The van der Waals surface area contributed by atoms with Crippen LogP contribution < -0.4 is 9.86 Å². The maximum Gasteiger partial charge on any atom is 0.264 e. The second-order valence-corrected chi connectivity index (χ2v) is 8.01. The fourth-order valence-corrected chi connectivity index (χ4v) is 3.19. The monoisotopic (exact) mass is 345 g/mol. The predicted molar refractivity (Wildman–Crippen MR) is 79.0 cm³/mol. The van der Waals surface area contributed by atoms with Crippen molar-refractivity contribution >= 4 is 26.0 Å². The SMILES string of the molecule is CC(C)n1cnc(NS(=O)(=O)c2cccc(S(N)(=O)=O)c2)n1. The molecule has 1 aromatic carbocycles. The second-order valence-electron chi connectivity index (χ2n) is 4.77. The first kappa shape index (κ1) is 16.4. The number of hydrogen-bond donors (Lipinski definition) is 2. The van der Waals surface area contributed by atoms with Gasteiger partial charge in [0.25, 0.3) is 16.0 Å². The summed E-state index contributed by atoms with van der Waals surface area (Å²) in [5.41, 5.74) is 0. The number of rotatable bonds is 5. The molecule has 0 saturated heterocycles. The van der Waals surface area contributed by atoms with E-state index in [0.717, 1.165) is 6.07 Å². The van der Waals surface area contributed by atoms with E-state index in [9.17, 15) is 16.8 Å². The van der Waals surface area contributed by atoms with E-state index in [4.69, 9.17) is 5.14 Å². The smallest absolute Gasteiger partial charge is 0.248 e. The number of sulfonamides is 2. The maximum atomic E-state index is 12.2. The highest BCUT2D eigenvalue weighted by molar-refractivity contribution is 7.92. The summed E-state index contributed by atoms with van der Waals surface area (Å²) in [5.74, 6) is -0.102. The molecule has 11 heteroatoms. The molecule has 0 aliphatic carbocycles. The first-order valence-electron chi connectivity index (χ1n) is 6.16. The predicted octanol–water partition coefficient (Wildman–Crippen LogP) is 0.307. The van der Waals surface area contributed by atoms with Crippen molar-refractivity contribution in [1.82, 2.24) is 14.8 Å². The van der Waals surface area contributed by atoms with Crippen LogP contribution in [0.3, 0.4) is 0 Å². The van der Waals surface area contributed by atoms with Crippen LogP contribution in [-0.4, -0.2) is 31.6 Å². The number of nitrogens with zero attached hydrogens (tertiary/aromatic N) is 3. The van der Waals surface area contributed by atoms with E-state index < -0.39 is 20.0 Å². The third-order valence-corrected chi connectivity index (χ3v) is 4.94. The van der Waals surface area contributed by atoms with Gasteiger partial charge in [-0.3, -0.25) is 0 Å². The largest absolute Gasteiger partial charge is 0.264 e. The Morgan fingerprint density at radius 1 is 1.18 bits per heavy atom. The first-order valence-corrected chi connectivity index (χ1v) is 9.19. The van der Waals surface area contributed by atoms with Gasteiger partial charge in [0.1, 0.15) is 6.33 Å². The molecule has 1 aromatic heterocycles. The quantitative estimate of drug-likeness (QED) is 0.800. The van der Waals surface area contributed by atoms with Crippen LogP contribution in [0.2, 0.25) is 0 Å². The van der Waals surface area contributed by atoms with Crippen molar-refractivity contribution in [2.45, 2.75) is 29.7 Å². The van der Waals surface area contributed by atoms with E-state index >= 15 is 0 Å². The topological polar surface area (TPSA) is 137 Å². The van der Waals surface area contributed by atoms with E-state index in [1.165, 1.54) is 29.2 Å². The molecule has 9 nitrogen and oxygen atoms in total. The Bertz CT molecular complexity index is 887.